The number of benzene rings is 2. The number of carbonyl (C=O) groups excluding carboxylic acids is 2. The van der Waals surface area contributed by atoms with Gasteiger partial charge in [0.25, 0.3) is 0 Å². The van der Waals surface area contributed by atoms with Gasteiger partial charge in [-0.25, -0.2) is 8.78 Å². The second kappa shape index (κ2) is 9.81. The van der Waals surface area contributed by atoms with E-state index >= 15 is 0 Å². The van der Waals surface area contributed by atoms with E-state index in [0.717, 1.165) is 11.6 Å². The van der Waals surface area contributed by atoms with Crippen molar-refractivity contribution < 1.29 is 23.1 Å². The molecular weight excluding hydrogens is 480 g/mol. The summed E-state index contributed by atoms with van der Waals surface area (Å²) in [7, 11) is 1.80. The second-order valence-corrected chi connectivity index (χ2v) is 8.87. The summed E-state index contributed by atoms with van der Waals surface area (Å²) in [5, 5.41) is 9.48. The minimum atomic E-state index is -1.20. The number of nitrogens with zero attached hydrogens (tertiary/aromatic N) is 3. The average Bonchev–Trinajstić information content (AvgIpc) is 3.60. The molecular formula is C27H23F2N5O3. The first-order valence-electron chi connectivity index (χ1n) is 11.6. The van der Waals surface area contributed by atoms with Gasteiger partial charge in [0.1, 0.15) is 17.0 Å². The van der Waals surface area contributed by atoms with Crippen molar-refractivity contribution in [2.75, 3.05) is 5.32 Å². The smallest absolute Gasteiger partial charge is 0.240 e. The molecule has 4 aromatic rings. The Morgan fingerprint density at radius 1 is 1.05 bits per heavy atom. The standard InChI is InChI=1S/C27H23F2N5O3/c1-34-16-18(15-32-34)23-13-21(8-11-30-23)37-24-7-6-20(12-22(24)29)33-26(36)27(9-10-27)25(35)31-14-17-2-4-19(28)5-3-17/h2-8,11-13,15-16H,9-10,14H2,1H3,(H,31,35)(H,33,36). The molecule has 0 saturated heterocycles. The fourth-order valence-electron chi connectivity index (χ4n) is 3.86. The number of rotatable bonds is 8. The van der Waals surface area contributed by atoms with Crippen LogP contribution in [-0.2, 0) is 23.2 Å². The Hall–Kier alpha value is -4.60. The van der Waals surface area contributed by atoms with Crippen LogP contribution in [0.1, 0.15) is 18.4 Å². The Morgan fingerprint density at radius 3 is 2.51 bits per heavy atom. The van der Waals surface area contributed by atoms with Crippen molar-refractivity contribution in [2.24, 2.45) is 12.5 Å². The van der Waals surface area contributed by atoms with E-state index in [1.54, 1.807) is 54.6 Å². The maximum absolute atomic E-state index is 14.8. The minimum Gasteiger partial charge on any atom is -0.454 e. The fraction of sp³-hybridized carbons (Fsp3) is 0.185. The van der Waals surface area contributed by atoms with Gasteiger partial charge in [-0.1, -0.05) is 12.1 Å². The number of hydrogen-bond acceptors (Lipinski definition) is 5. The molecule has 2 aromatic carbocycles. The van der Waals surface area contributed by atoms with E-state index in [1.165, 1.54) is 24.3 Å². The Bertz CT molecular complexity index is 1470. The first kappa shape index (κ1) is 24.1. The molecule has 1 aliphatic carbocycles. The molecule has 0 bridgehead atoms. The van der Waals surface area contributed by atoms with Crippen LogP contribution in [0.15, 0.2) is 73.2 Å². The number of halogens is 2. The van der Waals surface area contributed by atoms with Gasteiger partial charge in [0.15, 0.2) is 11.6 Å². The van der Waals surface area contributed by atoms with Crippen molar-refractivity contribution in [2.45, 2.75) is 19.4 Å². The highest BCUT2D eigenvalue weighted by atomic mass is 19.1. The number of nitrogens with one attached hydrogen (secondary N) is 2. The van der Waals surface area contributed by atoms with Crippen LogP contribution in [0.5, 0.6) is 11.5 Å². The normalized spacial score (nSPS) is 13.6. The molecule has 2 N–H and O–H groups in total. The lowest BCUT2D eigenvalue weighted by Crippen LogP contribution is -2.39. The van der Waals surface area contributed by atoms with E-state index in [1.807, 2.05) is 0 Å². The SMILES string of the molecule is Cn1cc(-c2cc(Oc3ccc(NC(=O)C4(C(=O)NCc5ccc(F)cc5)CC4)cc3F)ccn2)cn1. The van der Waals surface area contributed by atoms with Crippen LogP contribution in [0.4, 0.5) is 14.5 Å². The highest BCUT2D eigenvalue weighted by Crippen LogP contribution is 2.47. The highest BCUT2D eigenvalue weighted by molar-refractivity contribution is 6.13. The number of aromatic nitrogens is 3. The predicted octanol–water partition coefficient (Wildman–Crippen LogP) is 4.59. The number of aryl methyl sites for hydroxylation is 1. The third kappa shape index (κ3) is 5.32. The van der Waals surface area contributed by atoms with Gasteiger partial charge in [-0.15, -0.1) is 0 Å². The van der Waals surface area contributed by atoms with Crippen LogP contribution in [0.3, 0.4) is 0 Å². The summed E-state index contributed by atoms with van der Waals surface area (Å²) < 4.78 is 35.2. The van der Waals surface area contributed by atoms with E-state index < -0.39 is 23.0 Å². The lowest BCUT2D eigenvalue weighted by Gasteiger charge is -2.16. The van der Waals surface area contributed by atoms with Crippen molar-refractivity contribution in [3.8, 4) is 22.8 Å². The third-order valence-corrected chi connectivity index (χ3v) is 6.14. The summed E-state index contributed by atoms with van der Waals surface area (Å²) in [5.41, 5.74) is 1.14. The largest absolute Gasteiger partial charge is 0.454 e. The highest BCUT2D eigenvalue weighted by Gasteiger charge is 2.56. The lowest BCUT2D eigenvalue weighted by molar-refractivity contribution is -0.134. The zero-order valence-corrected chi connectivity index (χ0v) is 19.9. The van der Waals surface area contributed by atoms with Crippen molar-refractivity contribution in [1.82, 2.24) is 20.1 Å². The molecule has 8 nitrogen and oxygen atoms in total. The van der Waals surface area contributed by atoms with Gasteiger partial charge in [-0.05, 0) is 48.7 Å². The van der Waals surface area contributed by atoms with Crippen molar-refractivity contribution in [1.29, 1.82) is 0 Å². The Morgan fingerprint density at radius 2 is 1.84 bits per heavy atom. The molecule has 2 amide bonds. The van der Waals surface area contributed by atoms with Crippen molar-refractivity contribution >= 4 is 17.5 Å². The average molecular weight is 504 g/mol. The molecule has 2 heterocycles. The van der Waals surface area contributed by atoms with Gasteiger partial charge in [0.05, 0.1) is 11.9 Å². The topological polar surface area (TPSA) is 98.1 Å². The Labute approximate surface area is 211 Å². The maximum Gasteiger partial charge on any atom is 0.240 e. The van der Waals surface area contributed by atoms with E-state index in [2.05, 4.69) is 20.7 Å². The first-order chi connectivity index (χ1) is 17.8. The molecule has 1 aliphatic rings. The molecule has 0 spiro atoms. The van der Waals surface area contributed by atoms with Crippen LogP contribution in [0.25, 0.3) is 11.3 Å². The summed E-state index contributed by atoms with van der Waals surface area (Å²) in [6.45, 7) is 0.173. The van der Waals surface area contributed by atoms with Gasteiger partial charge >= 0.3 is 0 Å². The van der Waals surface area contributed by atoms with Crippen molar-refractivity contribution in [3.05, 3.63) is 90.4 Å². The van der Waals surface area contributed by atoms with E-state index in [0.29, 0.717) is 29.8 Å². The van der Waals surface area contributed by atoms with E-state index in [4.69, 9.17) is 4.74 Å². The van der Waals surface area contributed by atoms with Crippen LogP contribution >= 0.6 is 0 Å². The molecule has 0 atom stereocenters. The summed E-state index contributed by atoms with van der Waals surface area (Å²) in [4.78, 5) is 29.9. The van der Waals surface area contributed by atoms with E-state index in [9.17, 15) is 18.4 Å². The van der Waals surface area contributed by atoms with Crippen LogP contribution < -0.4 is 15.4 Å². The van der Waals surface area contributed by atoms with Crippen LogP contribution in [-0.4, -0.2) is 26.6 Å². The fourth-order valence-corrected chi connectivity index (χ4v) is 3.86. The first-order valence-corrected chi connectivity index (χ1v) is 11.6. The molecule has 10 heteroatoms. The molecule has 188 valence electrons. The second-order valence-electron chi connectivity index (χ2n) is 8.87. The van der Waals surface area contributed by atoms with Crippen molar-refractivity contribution in [3.63, 3.8) is 0 Å². The molecule has 0 unspecified atom stereocenters. The molecule has 5 rings (SSSR count). The van der Waals surface area contributed by atoms with E-state index in [-0.39, 0.29) is 23.8 Å². The number of anilines is 1. The van der Waals surface area contributed by atoms with Crippen LogP contribution in [0.2, 0.25) is 0 Å². The minimum absolute atomic E-state index is 0.0282. The third-order valence-electron chi connectivity index (χ3n) is 6.14. The van der Waals surface area contributed by atoms with Gasteiger partial charge < -0.3 is 15.4 Å². The monoisotopic (exact) mass is 503 g/mol. The maximum atomic E-state index is 14.8. The Kier molecular flexibility index (Phi) is 6.39. The van der Waals surface area contributed by atoms with Gasteiger partial charge in [0, 0.05) is 49.4 Å². The lowest BCUT2D eigenvalue weighted by atomic mass is 10.0. The summed E-state index contributed by atoms with van der Waals surface area (Å²) in [6.07, 6.45) is 5.80. The van der Waals surface area contributed by atoms with Gasteiger partial charge in [-0.3, -0.25) is 19.3 Å². The molecule has 1 fully saturated rings. The quantitative estimate of drug-likeness (QED) is 0.343. The molecule has 0 radical (unpaired) electrons. The zero-order valence-electron chi connectivity index (χ0n) is 19.9. The molecule has 0 aliphatic heterocycles. The number of ether oxygens (including phenoxy) is 1. The van der Waals surface area contributed by atoms with Gasteiger partial charge in [0.2, 0.25) is 11.8 Å². The molecule has 2 aromatic heterocycles. The Balaban J connectivity index is 1.21. The summed E-state index contributed by atoms with van der Waals surface area (Å²) in [6, 6.07) is 13.1. The summed E-state index contributed by atoms with van der Waals surface area (Å²) in [5.74, 6) is -1.61. The summed E-state index contributed by atoms with van der Waals surface area (Å²) >= 11 is 0. The number of amides is 2. The van der Waals surface area contributed by atoms with Crippen LogP contribution in [0, 0.1) is 17.0 Å². The predicted molar refractivity (Wildman–Crippen MR) is 131 cm³/mol. The van der Waals surface area contributed by atoms with Gasteiger partial charge in [-0.2, -0.15) is 5.10 Å². The number of carbonyl (C=O) groups is 2. The molecule has 1 saturated carbocycles. The molecule has 37 heavy (non-hydrogen) atoms. The number of hydrogen-bond donors (Lipinski definition) is 2. The number of pyridine rings is 1. The zero-order chi connectivity index (χ0) is 26.0.